The van der Waals surface area contributed by atoms with Gasteiger partial charge in [-0.25, -0.2) is 0 Å². The quantitative estimate of drug-likeness (QED) is 0.337. The van der Waals surface area contributed by atoms with Crippen LogP contribution in [0.2, 0.25) is 0 Å². The highest BCUT2D eigenvalue weighted by Gasteiger charge is 2.06. The summed E-state index contributed by atoms with van der Waals surface area (Å²) in [5.41, 5.74) is 0.919. The third-order valence-electron chi connectivity index (χ3n) is 4.02. The number of hydrogen-bond acceptors (Lipinski definition) is 4. The lowest BCUT2D eigenvalue weighted by atomic mass is 10.1. The summed E-state index contributed by atoms with van der Waals surface area (Å²) in [5, 5.41) is 6.66. The van der Waals surface area contributed by atoms with Crippen LogP contribution in [0.3, 0.4) is 0 Å². The summed E-state index contributed by atoms with van der Waals surface area (Å²) >= 11 is 0. The molecule has 148 valence electrons. The average molecular weight is 365 g/mol. The van der Waals surface area contributed by atoms with Crippen molar-refractivity contribution in [2.45, 2.75) is 39.0 Å². The van der Waals surface area contributed by atoms with Crippen LogP contribution < -0.4 is 20.1 Å². The summed E-state index contributed by atoms with van der Waals surface area (Å²) in [4.78, 5) is 6.52. The highest BCUT2D eigenvalue weighted by molar-refractivity contribution is 5.93. The fourth-order valence-electron chi connectivity index (χ4n) is 2.63. The molecule has 1 rings (SSSR count). The van der Waals surface area contributed by atoms with Crippen LogP contribution in [0.1, 0.15) is 39.0 Å². The molecule has 1 aromatic carbocycles. The van der Waals surface area contributed by atoms with E-state index >= 15 is 0 Å². The van der Waals surface area contributed by atoms with Gasteiger partial charge in [0, 0.05) is 25.3 Å². The Morgan fingerprint density at radius 2 is 1.81 bits per heavy atom. The number of benzene rings is 1. The van der Waals surface area contributed by atoms with Gasteiger partial charge >= 0.3 is 0 Å². The molecule has 0 aliphatic rings. The van der Waals surface area contributed by atoms with E-state index in [4.69, 9.17) is 9.47 Å². The van der Waals surface area contributed by atoms with E-state index < -0.39 is 0 Å². The molecule has 2 N–H and O–H groups in total. The smallest absolute Gasteiger partial charge is 0.195 e. The lowest BCUT2D eigenvalue weighted by Crippen LogP contribution is -2.31. The maximum absolute atomic E-state index is 5.55. The van der Waals surface area contributed by atoms with Gasteiger partial charge in [-0.2, -0.15) is 0 Å². The standard InChI is InChI=1S/C20H36N4O2/c1-6-26-18-13-12-17(16-19(18)25-5)23-20(21-2)22-14-10-8-7-9-11-15-24(3)4/h12-13,16H,6-11,14-15H2,1-5H3,(H2,21,22,23). The third-order valence-corrected chi connectivity index (χ3v) is 4.02. The first-order valence-corrected chi connectivity index (χ1v) is 9.54. The van der Waals surface area contributed by atoms with Crippen LogP contribution in [0.4, 0.5) is 5.69 Å². The van der Waals surface area contributed by atoms with Crippen molar-refractivity contribution in [3.8, 4) is 11.5 Å². The zero-order valence-corrected chi connectivity index (χ0v) is 17.1. The number of hydrogen-bond donors (Lipinski definition) is 2. The molecule has 0 aliphatic carbocycles. The van der Waals surface area contributed by atoms with Crippen LogP contribution in [0.5, 0.6) is 11.5 Å². The van der Waals surface area contributed by atoms with E-state index in [0.29, 0.717) is 12.4 Å². The SMILES string of the molecule is CCOc1ccc(NC(=NC)NCCCCCCCN(C)C)cc1OC. The lowest BCUT2D eigenvalue weighted by Gasteiger charge is -2.14. The first-order valence-electron chi connectivity index (χ1n) is 9.54. The van der Waals surface area contributed by atoms with Crippen molar-refractivity contribution in [3.63, 3.8) is 0 Å². The molecule has 0 aliphatic heterocycles. The fraction of sp³-hybridized carbons (Fsp3) is 0.650. The summed E-state index contributed by atoms with van der Waals surface area (Å²) in [7, 11) is 7.68. The van der Waals surface area contributed by atoms with Gasteiger partial charge in [0.15, 0.2) is 17.5 Å². The van der Waals surface area contributed by atoms with Crippen molar-refractivity contribution in [2.24, 2.45) is 4.99 Å². The van der Waals surface area contributed by atoms with Crippen LogP contribution in [0, 0.1) is 0 Å². The highest BCUT2D eigenvalue weighted by Crippen LogP contribution is 2.30. The number of ether oxygens (including phenoxy) is 2. The van der Waals surface area contributed by atoms with Crippen molar-refractivity contribution in [1.82, 2.24) is 10.2 Å². The van der Waals surface area contributed by atoms with Crippen LogP contribution in [0.25, 0.3) is 0 Å². The van der Waals surface area contributed by atoms with Crippen LogP contribution in [-0.2, 0) is 0 Å². The fourth-order valence-corrected chi connectivity index (χ4v) is 2.63. The maximum Gasteiger partial charge on any atom is 0.195 e. The van der Waals surface area contributed by atoms with Gasteiger partial charge < -0.3 is 25.0 Å². The summed E-state index contributed by atoms with van der Waals surface area (Å²) in [6, 6.07) is 5.79. The molecular formula is C20H36N4O2. The molecular weight excluding hydrogens is 328 g/mol. The van der Waals surface area contributed by atoms with E-state index in [-0.39, 0.29) is 0 Å². The molecule has 26 heavy (non-hydrogen) atoms. The number of nitrogens with one attached hydrogen (secondary N) is 2. The Hall–Kier alpha value is -1.95. The van der Waals surface area contributed by atoms with Gasteiger partial charge in [0.2, 0.25) is 0 Å². The van der Waals surface area contributed by atoms with Gasteiger partial charge in [-0.15, -0.1) is 0 Å². The van der Waals surface area contributed by atoms with E-state index in [9.17, 15) is 0 Å². The normalized spacial score (nSPS) is 11.5. The molecule has 0 aromatic heterocycles. The monoisotopic (exact) mass is 364 g/mol. The first-order chi connectivity index (χ1) is 12.6. The summed E-state index contributed by atoms with van der Waals surface area (Å²) in [6.07, 6.45) is 6.27. The number of anilines is 1. The lowest BCUT2D eigenvalue weighted by molar-refractivity contribution is 0.311. The van der Waals surface area contributed by atoms with Gasteiger partial charge in [0.05, 0.1) is 13.7 Å². The Kier molecular flexibility index (Phi) is 11.3. The minimum absolute atomic E-state index is 0.613. The van der Waals surface area contributed by atoms with Gasteiger partial charge in [-0.05, 0) is 52.5 Å². The van der Waals surface area contributed by atoms with Crippen molar-refractivity contribution in [1.29, 1.82) is 0 Å². The second-order valence-corrected chi connectivity index (χ2v) is 6.49. The van der Waals surface area contributed by atoms with E-state index in [1.807, 2.05) is 25.1 Å². The number of rotatable bonds is 12. The molecule has 0 spiro atoms. The van der Waals surface area contributed by atoms with Gasteiger partial charge in [-0.1, -0.05) is 19.3 Å². The summed E-state index contributed by atoms with van der Waals surface area (Å²) in [5.74, 6) is 2.23. The number of nitrogens with zero attached hydrogens (tertiary/aromatic N) is 2. The Morgan fingerprint density at radius 3 is 2.46 bits per heavy atom. The maximum atomic E-state index is 5.55. The molecule has 0 amide bonds. The molecule has 0 saturated carbocycles. The van der Waals surface area contributed by atoms with Gasteiger partial charge in [0.1, 0.15) is 0 Å². The zero-order valence-electron chi connectivity index (χ0n) is 17.1. The predicted molar refractivity (Wildman–Crippen MR) is 111 cm³/mol. The van der Waals surface area contributed by atoms with Crippen LogP contribution >= 0.6 is 0 Å². The summed E-state index contributed by atoms with van der Waals surface area (Å²) in [6.45, 7) is 4.67. The molecule has 6 nitrogen and oxygen atoms in total. The van der Waals surface area contributed by atoms with Crippen molar-refractivity contribution >= 4 is 11.6 Å². The second kappa shape index (κ2) is 13.3. The minimum Gasteiger partial charge on any atom is -0.493 e. The third kappa shape index (κ3) is 8.94. The van der Waals surface area contributed by atoms with E-state index in [1.165, 1.54) is 32.2 Å². The van der Waals surface area contributed by atoms with Crippen molar-refractivity contribution in [2.75, 3.05) is 53.3 Å². The molecule has 6 heteroatoms. The van der Waals surface area contributed by atoms with Crippen LogP contribution in [0.15, 0.2) is 23.2 Å². The number of unbranched alkanes of at least 4 members (excludes halogenated alkanes) is 4. The Morgan fingerprint density at radius 1 is 1.08 bits per heavy atom. The van der Waals surface area contributed by atoms with Gasteiger partial charge in [0.25, 0.3) is 0 Å². The molecule has 0 radical (unpaired) electrons. The Bertz CT molecular complexity index is 533. The zero-order chi connectivity index (χ0) is 19.2. The molecule has 1 aromatic rings. The molecule has 0 saturated heterocycles. The summed E-state index contributed by atoms with van der Waals surface area (Å²) < 4.78 is 10.9. The first kappa shape index (κ1) is 22.1. The highest BCUT2D eigenvalue weighted by atomic mass is 16.5. The molecule has 0 heterocycles. The second-order valence-electron chi connectivity index (χ2n) is 6.49. The number of guanidine groups is 1. The molecule has 0 atom stereocenters. The molecule has 0 bridgehead atoms. The van der Waals surface area contributed by atoms with E-state index in [0.717, 1.165) is 30.4 Å². The Labute approximate surface area is 159 Å². The number of aliphatic imine (C=N–C) groups is 1. The Balaban J connectivity index is 2.32. The minimum atomic E-state index is 0.613. The van der Waals surface area contributed by atoms with Crippen molar-refractivity contribution in [3.05, 3.63) is 18.2 Å². The number of methoxy groups -OCH3 is 1. The molecule has 0 fully saturated rings. The van der Waals surface area contributed by atoms with Gasteiger partial charge in [-0.3, -0.25) is 4.99 Å². The predicted octanol–water partition coefficient (Wildman–Crippen LogP) is 3.59. The van der Waals surface area contributed by atoms with E-state index in [1.54, 1.807) is 14.2 Å². The van der Waals surface area contributed by atoms with Crippen molar-refractivity contribution < 1.29 is 9.47 Å². The average Bonchev–Trinajstić information content (AvgIpc) is 2.63. The largest absolute Gasteiger partial charge is 0.493 e. The van der Waals surface area contributed by atoms with Crippen LogP contribution in [-0.4, -0.2) is 58.8 Å². The molecule has 0 unspecified atom stereocenters. The van der Waals surface area contributed by atoms with E-state index in [2.05, 4.69) is 34.6 Å². The topological polar surface area (TPSA) is 58.1 Å².